The lowest BCUT2D eigenvalue weighted by Crippen LogP contribution is -2.08. The number of hydrogen-bond donors (Lipinski definition) is 0. The number of thioether (sulfide) groups is 1. The molecule has 6 heteroatoms. The van der Waals surface area contributed by atoms with E-state index >= 15 is 0 Å². The summed E-state index contributed by atoms with van der Waals surface area (Å²) in [5.41, 5.74) is 5.84. The SMILES string of the molecule is Cc1cc(C(=O)CSc2nnc(Cc3ccccc3)n2C)c(C)n1CCC1=CCCCC1. The van der Waals surface area contributed by atoms with Gasteiger partial charge in [0.15, 0.2) is 10.9 Å². The lowest BCUT2D eigenvalue weighted by Gasteiger charge is -2.15. The average molecular weight is 449 g/mol. The summed E-state index contributed by atoms with van der Waals surface area (Å²) >= 11 is 1.46. The molecule has 32 heavy (non-hydrogen) atoms. The highest BCUT2D eigenvalue weighted by Crippen LogP contribution is 2.24. The molecule has 0 bridgehead atoms. The lowest BCUT2D eigenvalue weighted by molar-refractivity contribution is 0.102. The van der Waals surface area contributed by atoms with Gasteiger partial charge in [-0.15, -0.1) is 10.2 Å². The molecule has 5 nitrogen and oxygen atoms in total. The van der Waals surface area contributed by atoms with Gasteiger partial charge in [-0.25, -0.2) is 0 Å². The summed E-state index contributed by atoms with van der Waals surface area (Å²) in [5.74, 6) is 1.42. The van der Waals surface area contributed by atoms with E-state index in [0.717, 1.165) is 47.3 Å². The zero-order chi connectivity index (χ0) is 22.5. The van der Waals surface area contributed by atoms with Crippen molar-refractivity contribution in [3.8, 4) is 0 Å². The number of Topliss-reactive ketones (excluding diaryl/α,β-unsaturated/α-hetero) is 1. The fraction of sp³-hybridized carbons (Fsp3) is 0.423. The highest BCUT2D eigenvalue weighted by atomic mass is 32.2. The van der Waals surface area contributed by atoms with E-state index in [9.17, 15) is 4.79 Å². The molecule has 0 atom stereocenters. The van der Waals surface area contributed by atoms with E-state index in [1.807, 2.05) is 35.9 Å². The van der Waals surface area contributed by atoms with Crippen LogP contribution < -0.4 is 0 Å². The number of allylic oxidation sites excluding steroid dienone is 2. The summed E-state index contributed by atoms with van der Waals surface area (Å²) in [7, 11) is 1.97. The first-order chi connectivity index (χ1) is 15.5. The largest absolute Gasteiger partial charge is 0.348 e. The Kier molecular flexibility index (Phi) is 7.30. The number of carbonyl (C=O) groups excluding carboxylic acids is 1. The maximum atomic E-state index is 13.0. The van der Waals surface area contributed by atoms with Crippen LogP contribution >= 0.6 is 11.8 Å². The maximum Gasteiger partial charge on any atom is 0.191 e. The van der Waals surface area contributed by atoms with E-state index < -0.39 is 0 Å². The summed E-state index contributed by atoms with van der Waals surface area (Å²) < 4.78 is 4.29. The number of aromatic nitrogens is 4. The number of ketones is 1. The molecule has 3 aromatic rings. The number of benzene rings is 1. The fourth-order valence-corrected chi connectivity index (χ4v) is 5.24. The summed E-state index contributed by atoms with van der Waals surface area (Å²) in [6, 6.07) is 12.3. The van der Waals surface area contributed by atoms with Crippen LogP contribution in [0.25, 0.3) is 0 Å². The van der Waals surface area contributed by atoms with Crippen LogP contribution in [0.3, 0.4) is 0 Å². The van der Waals surface area contributed by atoms with Gasteiger partial charge in [0.1, 0.15) is 5.82 Å². The number of hydrogen-bond acceptors (Lipinski definition) is 4. The summed E-state index contributed by atoms with van der Waals surface area (Å²) in [6.07, 6.45) is 9.30. The molecule has 0 fully saturated rings. The van der Waals surface area contributed by atoms with Gasteiger partial charge in [-0.3, -0.25) is 4.79 Å². The Hall–Kier alpha value is -2.60. The first-order valence-electron chi connectivity index (χ1n) is 11.5. The van der Waals surface area contributed by atoms with Gasteiger partial charge >= 0.3 is 0 Å². The molecule has 0 unspecified atom stereocenters. The first kappa shape index (κ1) is 22.6. The Balaban J connectivity index is 1.38. The Morgan fingerprint density at radius 3 is 2.69 bits per heavy atom. The topological polar surface area (TPSA) is 52.7 Å². The Bertz CT molecular complexity index is 1110. The van der Waals surface area contributed by atoms with Gasteiger partial charge in [-0.05, 0) is 57.6 Å². The van der Waals surface area contributed by atoms with E-state index in [-0.39, 0.29) is 5.78 Å². The van der Waals surface area contributed by atoms with Crippen molar-refractivity contribution in [1.82, 2.24) is 19.3 Å². The van der Waals surface area contributed by atoms with Crippen molar-refractivity contribution in [1.29, 1.82) is 0 Å². The van der Waals surface area contributed by atoms with Crippen LogP contribution in [0.1, 0.15) is 65.2 Å². The Labute approximate surface area is 194 Å². The molecule has 0 saturated heterocycles. The van der Waals surface area contributed by atoms with E-state index in [0.29, 0.717) is 5.75 Å². The molecule has 1 aliphatic carbocycles. The molecule has 0 N–H and O–H groups in total. The van der Waals surface area contributed by atoms with Gasteiger partial charge in [0.2, 0.25) is 0 Å². The maximum absolute atomic E-state index is 13.0. The van der Waals surface area contributed by atoms with Crippen LogP contribution in [-0.4, -0.2) is 30.9 Å². The minimum atomic E-state index is 0.152. The van der Waals surface area contributed by atoms with Gasteiger partial charge in [0.25, 0.3) is 0 Å². The predicted molar refractivity (Wildman–Crippen MR) is 130 cm³/mol. The van der Waals surface area contributed by atoms with E-state index in [4.69, 9.17) is 0 Å². The van der Waals surface area contributed by atoms with E-state index in [2.05, 4.69) is 46.8 Å². The molecular formula is C26H32N4OS. The molecule has 168 valence electrons. The number of rotatable bonds is 9. The third-order valence-corrected chi connectivity index (χ3v) is 7.40. The number of nitrogens with zero attached hydrogens (tertiary/aromatic N) is 4. The normalized spacial score (nSPS) is 13.9. The molecular weight excluding hydrogens is 416 g/mol. The number of carbonyl (C=O) groups is 1. The average Bonchev–Trinajstić information content (AvgIpc) is 3.30. The monoisotopic (exact) mass is 448 g/mol. The molecule has 0 amide bonds. The highest BCUT2D eigenvalue weighted by molar-refractivity contribution is 7.99. The third-order valence-electron chi connectivity index (χ3n) is 6.38. The van der Waals surface area contributed by atoms with E-state index in [1.165, 1.54) is 43.0 Å². The van der Waals surface area contributed by atoms with Gasteiger partial charge in [-0.2, -0.15) is 0 Å². The molecule has 0 radical (unpaired) electrons. The smallest absolute Gasteiger partial charge is 0.191 e. The second kappa shape index (κ2) is 10.3. The summed E-state index contributed by atoms with van der Waals surface area (Å²) in [5, 5.41) is 9.43. The third kappa shape index (κ3) is 5.23. The van der Waals surface area contributed by atoms with Crippen molar-refractivity contribution in [2.45, 2.75) is 64.1 Å². The Morgan fingerprint density at radius 2 is 1.94 bits per heavy atom. The van der Waals surface area contributed by atoms with Crippen LogP contribution in [0.15, 0.2) is 53.2 Å². The van der Waals surface area contributed by atoms with Crippen LogP contribution in [0.2, 0.25) is 0 Å². The quantitative estimate of drug-likeness (QED) is 0.240. The molecule has 4 rings (SSSR count). The molecule has 0 saturated carbocycles. The zero-order valence-corrected chi connectivity index (χ0v) is 20.1. The standard InChI is InChI=1S/C26H32N4OS/c1-19-16-23(20(2)30(19)15-14-21-10-6-4-7-11-21)24(31)18-32-26-28-27-25(29(26)3)17-22-12-8-5-9-13-22/h5,8-10,12-13,16H,4,6-7,11,14-15,17-18H2,1-3H3. The second-order valence-corrected chi connectivity index (χ2v) is 9.57. The molecule has 1 aliphatic rings. The second-order valence-electron chi connectivity index (χ2n) is 8.63. The zero-order valence-electron chi connectivity index (χ0n) is 19.3. The van der Waals surface area contributed by atoms with Crippen molar-refractivity contribution < 1.29 is 4.79 Å². The summed E-state index contributed by atoms with van der Waals surface area (Å²) in [6.45, 7) is 5.13. The molecule has 0 aliphatic heterocycles. The van der Waals surface area contributed by atoms with Gasteiger partial charge in [0.05, 0.1) is 5.75 Å². The van der Waals surface area contributed by atoms with Crippen molar-refractivity contribution >= 4 is 17.5 Å². The highest BCUT2D eigenvalue weighted by Gasteiger charge is 2.18. The molecule has 1 aromatic carbocycles. The van der Waals surface area contributed by atoms with Crippen molar-refractivity contribution in [3.05, 3.63) is 76.4 Å². The van der Waals surface area contributed by atoms with Crippen LogP contribution in [0.5, 0.6) is 0 Å². The number of aryl methyl sites for hydroxylation is 1. The van der Waals surface area contributed by atoms with Crippen molar-refractivity contribution in [2.24, 2.45) is 7.05 Å². The minimum Gasteiger partial charge on any atom is -0.348 e. The van der Waals surface area contributed by atoms with Crippen LogP contribution in [0, 0.1) is 13.8 Å². The first-order valence-corrected chi connectivity index (χ1v) is 12.4. The molecule has 0 spiro atoms. The van der Waals surface area contributed by atoms with Crippen LogP contribution in [0.4, 0.5) is 0 Å². The lowest BCUT2D eigenvalue weighted by atomic mass is 9.97. The summed E-state index contributed by atoms with van der Waals surface area (Å²) in [4.78, 5) is 13.0. The predicted octanol–water partition coefficient (Wildman–Crippen LogP) is 5.69. The van der Waals surface area contributed by atoms with Crippen molar-refractivity contribution in [3.63, 3.8) is 0 Å². The molecule has 2 heterocycles. The van der Waals surface area contributed by atoms with Crippen molar-refractivity contribution in [2.75, 3.05) is 5.75 Å². The Morgan fingerprint density at radius 1 is 1.12 bits per heavy atom. The van der Waals surface area contributed by atoms with Gasteiger partial charge in [0, 0.05) is 37.0 Å². The van der Waals surface area contributed by atoms with Gasteiger partial charge in [-0.1, -0.05) is 53.7 Å². The van der Waals surface area contributed by atoms with Crippen LogP contribution in [-0.2, 0) is 20.0 Å². The molecule has 2 aromatic heterocycles. The minimum absolute atomic E-state index is 0.152. The van der Waals surface area contributed by atoms with E-state index in [1.54, 1.807) is 5.57 Å². The van der Waals surface area contributed by atoms with Gasteiger partial charge < -0.3 is 9.13 Å². The fourth-order valence-electron chi connectivity index (χ4n) is 4.43.